The third-order valence-corrected chi connectivity index (χ3v) is 9.37. The van der Waals surface area contributed by atoms with Crippen LogP contribution in [0.25, 0.3) is 11.1 Å². The number of nitrogens with zero attached hydrogens (tertiary/aromatic N) is 2. The summed E-state index contributed by atoms with van der Waals surface area (Å²) in [6.07, 6.45) is -0.268. The highest BCUT2D eigenvalue weighted by Gasteiger charge is 2.33. The number of aliphatic hydroxyl groups is 1. The summed E-state index contributed by atoms with van der Waals surface area (Å²) in [7, 11) is -1.81. The normalized spacial score (nSPS) is 17.8. The highest BCUT2D eigenvalue weighted by molar-refractivity contribution is 7.92. The number of carbonyl (C=O) groups is 1. The van der Waals surface area contributed by atoms with Crippen LogP contribution in [0.5, 0.6) is 5.75 Å². The third-order valence-electron chi connectivity index (χ3n) is 7.98. The molecule has 0 unspecified atom stereocenters. The van der Waals surface area contributed by atoms with Crippen molar-refractivity contribution in [2.75, 3.05) is 31.5 Å². The number of fused-ring (bicyclic) bond motifs is 1. The van der Waals surface area contributed by atoms with Crippen molar-refractivity contribution in [3.63, 3.8) is 0 Å². The molecule has 0 saturated carbocycles. The van der Waals surface area contributed by atoms with E-state index in [4.69, 9.17) is 4.74 Å². The number of amides is 1. The Kier molecular flexibility index (Phi) is 9.68. The first-order chi connectivity index (χ1) is 21.1. The van der Waals surface area contributed by atoms with Gasteiger partial charge in [0.05, 0.1) is 23.1 Å². The third kappa shape index (κ3) is 7.30. The van der Waals surface area contributed by atoms with Crippen LogP contribution in [0.2, 0.25) is 0 Å². The molecule has 44 heavy (non-hydrogen) atoms. The van der Waals surface area contributed by atoms with Gasteiger partial charge in [0, 0.05) is 31.2 Å². The molecule has 0 fully saturated rings. The van der Waals surface area contributed by atoms with Crippen molar-refractivity contribution >= 4 is 21.6 Å². The average Bonchev–Trinajstić information content (AvgIpc) is 3.03. The van der Waals surface area contributed by atoms with E-state index in [1.54, 1.807) is 42.2 Å². The Morgan fingerprint density at radius 1 is 0.955 bits per heavy atom. The number of nitrogens with one attached hydrogen (secondary N) is 1. The van der Waals surface area contributed by atoms with Gasteiger partial charge in [-0.3, -0.25) is 14.4 Å². The van der Waals surface area contributed by atoms with E-state index in [9.17, 15) is 18.3 Å². The Morgan fingerprint density at radius 3 is 2.25 bits per heavy atom. The lowest BCUT2D eigenvalue weighted by atomic mass is 9.99. The minimum absolute atomic E-state index is 0.0414. The zero-order valence-electron chi connectivity index (χ0n) is 25.3. The van der Waals surface area contributed by atoms with E-state index in [0.29, 0.717) is 25.4 Å². The molecule has 1 amide bonds. The van der Waals surface area contributed by atoms with Crippen LogP contribution in [0.15, 0.2) is 108 Å². The first kappa shape index (κ1) is 31.3. The second-order valence-electron chi connectivity index (χ2n) is 11.5. The maximum absolute atomic E-state index is 13.8. The molecule has 4 aromatic rings. The van der Waals surface area contributed by atoms with Crippen LogP contribution in [-0.2, 0) is 16.6 Å². The maximum Gasteiger partial charge on any atom is 0.261 e. The molecule has 9 heteroatoms. The number of anilines is 1. The van der Waals surface area contributed by atoms with Gasteiger partial charge in [-0.1, -0.05) is 79.7 Å². The monoisotopic (exact) mass is 613 g/mol. The topological polar surface area (TPSA) is 99.2 Å². The number of aliphatic hydroxyl groups excluding tert-OH is 1. The van der Waals surface area contributed by atoms with Gasteiger partial charge in [-0.15, -0.1) is 0 Å². The van der Waals surface area contributed by atoms with Crippen molar-refractivity contribution in [1.82, 2.24) is 9.80 Å². The highest BCUT2D eigenvalue weighted by Crippen LogP contribution is 2.31. The van der Waals surface area contributed by atoms with Crippen molar-refractivity contribution in [2.45, 2.75) is 37.4 Å². The quantitative estimate of drug-likeness (QED) is 0.245. The van der Waals surface area contributed by atoms with Crippen molar-refractivity contribution in [2.24, 2.45) is 5.92 Å². The predicted molar refractivity (Wildman–Crippen MR) is 173 cm³/mol. The van der Waals surface area contributed by atoms with Gasteiger partial charge in [-0.2, -0.15) is 0 Å². The lowest BCUT2D eigenvalue weighted by Crippen LogP contribution is -2.49. The Balaban J connectivity index is 1.36. The zero-order chi connectivity index (χ0) is 31.3. The minimum Gasteiger partial charge on any atom is -0.488 e. The first-order valence-electron chi connectivity index (χ1n) is 14.8. The Labute approximate surface area is 260 Å². The van der Waals surface area contributed by atoms with Gasteiger partial charge in [0.15, 0.2) is 0 Å². The summed E-state index contributed by atoms with van der Waals surface area (Å²) in [5, 5.41) is 9.98. The van der Waals surface area contributed by atoms with Gasteiger partial charge < -0.3 is 14.7 Å². The fourth-order valence-electron chi connectivity index (χ4n) is 5.43. The average molecular weight is 614 g/mol. The molecule has 5 rings (SSSR count). The van der Waals surface area contributed by atoms with Crippen LogP contribution in [-0.4, -0.2) is 68.1 Å². The highest BCUT2D eigenvalue weighted by atomic mass is 32.2. The number of ether oxygens (including phenoxy) is 1. The van der Waals surface area contributed by atoms with Gasteiger partial charge >= 0.3 is 0 Å². The number of benzene rings is 4. The lowest BCUT2D eigenvalue weighted by Gasteiger charge is -2.38. The molecule has 1 heterocycles. The molecule has 4 aromatic carbocycles. The van der Waals surface area contributed by atoms with Crippen LogP contribution in [0.3, 0.4) is 0 Å². The standard InChI is InChI=1S/C35H39N3O5S/c1-25-21-38(26(2)24-39)35(40)32-20-30(36-44(41,42)31-12-8-5-9-13-31)18-19-33(32)43-34(25)23-37(3)22-27-14-16-29(17-15-27)28-10-6-4-7-11-28/h4-20,25-26,34,36,39H,21-24H2,1-3H3/t25-,26-,34+/m0/s1. The molecular weight excluding hydrogens is 574 g/mol. The number of likely N-dealkylation sites (N-methyl/N-ethyl adjacent to an activating group) is 1. The molecule has 1 aliphatic rings. The number of rotatable bonds is 10. The van der Waals surface area contributed by atoms with E-state index in [1.165, 1.54) is 34.9 Å². The van der Waals surface area contributed by atoms with E-state index in [1.807, 2.05) is 32.2 Å². The summed E-state index contributed by atoms with van der Waals surface area (Å²) in [4.78, 5) is 17.7. The molecule has 0 spiro atoms. The van der Waals surface area contributed by atoms with Gasteiger partial charge in [0.2, 0.25) is 0 Å². The Bertz CT molecular complexity index is 1660. The minimum atomic E-state index is -3.85. The van der Waals surface area contributed by atoms with Gasteiger partial charge in [0.25, 0.3) is 15.9 Å². The van der Waals surface area contributed by atoms with E-state index in [-0.39, 0.29) is 40.7 Å². The van der Waals surface area contributed by atoms with Gasteiger partial charge in [-0.05, 0) is 61.0 Å². The van der Waals surface area contributed by atoms with Crippen molar-refractivity contribution < 1.29 is 23.1 Å². The van der Waals surface area contributed by atoms with Crippen LogP contribution < -0.4 is 9.46 Å². The maximum atomic E-state index is 13.8. The number of carbonyl (C=O) groups excluding carboxylic acids is 1. The summed E-state index contributed by atoms with van der Waals surface area (Å²) in [6.45, 7) is 5.34. The molecule has 0 aromatic heterocycles. The van der Waals surface area contributed by atoms with Crippen LogP contribution in [0.4, 0.5) is 5.69 Å². The SMILES string of the molecule is C[C@H]1CN([C@@H](C)CO)C(=O)c2cc(NS(=O)(=O)c3ccccc3)ccc2O[C@@H]1CN(C)Cc1ccc(-c2ccccc2)cc1. The summed E-state index contributed by atoms with van der Waals surface area (Å²) >= 11 is 0. The molecule has 0 aliphatic carbocycles. The van der Waals surface area contributed by atoms with Crippen LogP contribution >= 0.6 is 0 Å². The summed E-state index contributed by atoms with van der Waals surface area (Å²) < 4.78 is 35.0. The second kappa shape index (κ2) is 13.6. The predicted octanol–water partition coefficient (Wildman–Crippen LogP) is 5.51. The number of hydrogen-bond donors (Lipinski definition) is 2. The molecule has 0 saturated heterocycles. The smallest absolute Gasteiger partial charge is 0.261 e. The Morgan fingerprint density at radius 2 is 1.59 bits per heavy atom. The molecule has 230 valence electrons. The van der Waals surface area contributed by atoms with Crippen molar-refractivity contribution in [3.05, 3.63) is 114 Å². The summed E-state index contributed by atoms with van der Waals surface area (Å²) in [5.74, 6) is 0.0182. The number of sulfonamides is 1. The summed E-state index contributed by atoms with van der Waals surface area (Å²) in [6, 6.07) is 31.2. The second-order valence-corrected chi connectivity index (χ2v) is 13.2. The fraction of sp³-hybridized carbons (Fsp3) is 0.286. The van der Waals surface area contributed by atoms with Crippen molar-refractivity contribution in [1.29, 1.82) is 0 Å². The van der Waals surface area contributed by atoms with E-state index in [2.05, 4.69) is 46.0 Å². The first-order valence-corrected chi connectivity index (χ1v) is 16.3. The zero-order valence-corrected chi connectivity index (χ0v) is 26.1. The molecular formula is C35H39N3O5S. The van der Waals surface area contributed by atoms with E-state index in [0.717, 1.165) is 0 Å². The molecule has 0 radical (unpaired) electrons. The van der Waals surface area contributed by atoms with Crippen molar-refractivity contribution in [3.8, 4) is 16.9 Å². The molecule has 2 N–H and O–H groups in total. The van der Waals surface area contributed by atoms with E-state index < -0.39 is 16.1 Å². The molecule has 0 bridgehead atoms. The Hall–Kier alpha value is -4.18. The molecule has 1 aliphatic heterocycles. The fourth-order valence-corrected chi connectivity index (χ4v) is 6.50. The molecule has 3 atom stereocenters. The van der Waals surface area contributed by atoms with Gasteiger partial charge in [-0.25, -0.2) is 8.42 Å². The number of hydrogen-bond acceptors (Lipinski definition) is 6. The lowest BCUT2D eigenvalue weighted by molar-refractivity contribution is 0.0341. The summed E-state index contributed by atoms with van der Waals surface area (Å²) in [5.41, 5.74) is 4.01. The van der Waals surface area contributed by atoms with E-state index >= 15 is 0 Å². The largest absolute Gasteiger partial charge is 0.488 e. The van der Waals surface area contributed by atoms with Crippen LogP contribution in [0, 0.1) is 5.92 Å². The van der Waals surface area contributed by atoms with Gasteiger partial charge in [0.1, 0.15) is 11.9 Å². The van der Waals surface area contributed by atoms with Crippen LogP contribution in [0.1, 0.15) is 29.8 Å². The molecule has 8 nitrogen and oxygen atoms in total.